The molecule has 5 rings (SSSR count). The fourth-order valence-electron chi connectivity index (χ4n) is 3.39. The van der Waals surface area contributed by atoms with Gasteiger partial charge < -0.3 is 9.84 Å². The zero-order valence-corrected chi connectivity index (χ0v) is 12.4. The van der Waals surface area contributed by atoms with Gasteiger partial charge in [-0.15, -0.1) is 5.10 Å². The van der Waals surface area contributed by atoms with Gasteiger partial charge in [-0.25, -0.2) is 9.89 Å². The molecule has 3 aliphatic carbocycles. The number of H-pyrrole nitrogens is 1. The van der Waals surface area contributed by atoms with Gasteiger partial charge in [0.1, 0.15) is 5.75 Å². The summed E-state index contributed by atoms with van der Waals surface area (Å²) in [5, 5.41) is 18.3. The summed E-state index contributed by atoms with van der Waals surface area (Å²) < 4.78 is 5.51. The number of hydrogen-bond acceptors (Lipinski definition) is 4. The number of carboxylic acids is 1. The van der Waals surface area contributed by atoms with E-state index in [0.717, 1.165) is 17.9 Å². The number of nitrogens with zero attached hydrogens (tertiary/aromatic N) is 2. The third kappa shape index (κ3) is 2.55. The number of hydrogen-bond donors (Lipinski definition) is 2. The standard InChI is InChI=1S/C17H15N3O3/c21-16(22)14-15(19-20-18-14)23-13-5-1-3-11(7-13)4-2-6-17-8-12(9-17)10-17/h1,3,5,7,12H,6,8-10H2,(H,21,22)(H,18,19,20). The van der Waals surface area contributed by atoms with Crippen LogP contribution in [-0.2, 0) is 0 Å². The second kappa shape index (κ2) is 5.13. The summed E-state index contributed by atoms with van der Waals surface area (Å²) in [5.74, 6) is 6.72. The fourth-order valence-corrected chi connectivity index (χ4v) is 3.39. The average molecular weight is 309 g/mol. The van der Waals surface area contributed by atoms with E-state index in [0.29, 0.717) is 11.2 Å². The topological polar surface area (TPSA) is 88.1 Å². The highest BCUT2D eigenvalue weighted by Gasteiger charge is 2.55. The van der Waals surface area contributed by atoms with Crippen LogP contribution in [0.5, 0.6) is 11.6 Å². The minimum Gasteiger partial charge on any atom is -0.476 e. The number of benzene rings is 1. The monoisotopic (exact) mass is 309 g/mol. The molecule has 2 aromatic rings. The Labute approximate surface area is 132 Å². The lowest BCUT2D eigenvalue weighted by Crippen LogP contribution is -2.51. The van der Waals surface area contributed by atoms with Gasteiger partial charge in [0.05, 0.1) is 0 Å². The SMILES string of the molecule is O=C(O)c1nn[nH]c1Oc1cccc(C#CCC23CC(C2)C3)c1. The van der Waals surface area contributed by atoms with Crippen LogP contribution in [-0.4, -0.2) is 26.5 Å². The Morgan fingerprint density at radius 1 is 1.43 bits per heavy atom. The summed E-state index contributed by atoms with van der Waals surface area (Å²) in [7, 11) is 0. The molecule has 3 fully saturated rings. The van der Waals surface area contributed by atoms with Gasteiger partial charge in [0.25, 0.3) is 5.88 Å². The van der Waals surface area contributed by atoms with Gasteiger partial charge in [-0.1, -0.05) is 23.1 Å². The molecule has 23 heavy (non-hydrogen) atoms. The highest BCUT2D eigenvalue weighted by atomic mass is 16.5. The van der Waals surface area contributed by atoms with Crippen molar-refractivity contribution in [2.24, 2.45) is 11.3 Å². The van der Waals surface area contributed by atoms with Crippen LogP contribution in [0.2, 0.25) is 0 Å². The third-order valence-corrected chi connectivity index (χ3v) is 4.63. The molecule has 6 heteroatoms. The van der Waals surface area contributed by atoms with E-state index in [1.54, 1.807) is 12.1 Å². The molecule has 6 nitrogen and oxygen atoms in total. The highest BCUT2D eigenvalue weighted by Crippen LogP contribution is 2.66. The molecule has 2 bridgehead atoms. The Morgan fingerprint density at radius 3 is 2.96 bits per heavy atom. The van der Waals surface area contributed by atoms with Crippen molar-refractivity contribution in [2.75, 3.05) is 0 Å². The van der Waals surface area contributed by atoms with Gasteiger partial charge in [-0.2, -0.15) is 0 Å². The van der Waals surface area contributed by atoms with Gasteiger partial charge in [0.15, 0.2) is 0 Å². The first-order chi connectivity index (χ1) is 11.1. The van der Waals surface area contributed by atoms with Crippen molar-refractivity contribution in [1.29, 1.82) is 0 Å². The third-order valence-electron chi connectivity index (χ3n) is 4.63. The largest absolute Gasteiger partial charge is 0.476 e. The minimum atomic E-state index is -1.19. The molecule has 0 unspecified atom stereocenters. The first-order valence-electron chi connectivity index (χ1n) is 7.55. The van der Waals surface area contributed by atoms with Gasteiger partial charge in [-0.3, -0.25) is 0 Å². The molecule has 3 saturated carbocycles. The molecular formula is C17H15N3O3. The lowest BCUT2D eigenvalue weighted by Gasteiger charge is -2.61. The number of carboxylic acid groups (broad SMARTS) is 1. The zero-order chi connectivity index (χ0) is 15.9. The second-order valence-corrected chi connectivity index (χ2v) is 6.38. The van der Waals surface area contributed by atoms with Crippen molar-refractivity contribution in [3.63, 3.8) is 0 Å². The predicted molar refractivity (Wildman–Crippen MR) is 81.1 cm³/mol. The number of aromatic carboxylic acids is 1. The average Bonchev–Trinajstić information content (AvgIpc) is 2.89. The van der Waals surface area contributed by atoms with E-state index in [-0.39, 0.29) is 11.6 Å². The Hall–Kier alpha value is -2.81. The molecule has 1 aromatic carbocycles. The Bertz CT molecular complexity index is 814. The van der Waals surface area contributed by atoms with E-state index in [4.69, 9.17) is 9.84 Å². The van der Waals surface area contributed by atoms with Crippen LogP contribution in [0.25, 0.3) is 0 Å². The lowest BCUT2D eigenvalue weighted by atomic mass is 9.43. The molecule has 0 saturated heterocycles. The van der Waals surface area contributed by atoms with E-state index in [1.807, 2.05) is 12.1 Å². The normalized spacial score (nSPS) is 23.9. The van der Waals surface area contributed by atoms with Crippen molar-refractivity contribution in [3.8, 4) is 23.5 Å². The van der Waals surface area contributed by atoms with Crippen molar-refractivity contribution in [3.05, 3.63) is 35.5 Å². The molecular weight excluding hydrogens is 294 g/mol. The number of ether oxygens (including phenoxy) is 1. The summed E-state index contributed by atoms with van der Waals surface area (Å²) in [6.07, 6.45) is 4.99. The van der Waals surface area contributed by atoms with Gasteiger partial charge in [0, 0.05) is 12.0 Å². The molecule has 0 aliphatic heterocycles. The predicted octanol–water partition coefficient (Wildman–Crippen LogP) is 2.84. The number of carbonyl (C=O) groups is 1. The molecule has 0 atom stereocenters. The maximum atomic E-state index is 11.0. The van der Waals surface area contributed by atoms with Crippen LogP contribution in [0.1, 0.15) is 41.7 Å². The van der Waals surface area contributed by atoms with Crippen LogP contribution >= 0.6 is 0 Å². The molecule has 3 aliphatic rings. The van der Waals surface area contributed by atoms with E-state index >= 15 is 0 Å². The fraction of sp³-hybridized carbons (Fsp3) is 0.353. The molecule has 0 spiro atoms. The first kappa shape index (κ1) is 13.8. The Kier molecular flexibility index (Phi) is 3.08. The summed E-state index contributed by atoms with van der Waals surface area (Å²) >= 11 is 0. The van der Waals surface area contributed by atoms with E-state index in [2.05, 4.69) is 27.3 Å². The Balaban J connectivity index is 1.46. The van der Waals surface area contributed by atoms with Gasteiger partial charge in [-0.05, 0) is 48.8 Å². The van der Waals surface area contributed by atoms with Crippen LogP contribution in [0.3, 0.4) is 0 Å². The quantitative estimate of drug-likeness (QED) is 0.848. The molecule has 116 valence electrons. The van der Waals surface area contributed by atoms with Gasteiger partial charge >= 0.3 is 5.97 Å². The van der Waals surface area contributed by atoms with E-state index in [9.17, 15) is 4.79 Å². The van der Waals surface area contributed by atoms with Crippen molar-refractivity contribution < 1.29 is 14.6 Å². The molecule has 0 amide bonds. The smallest absolute Gasteiger partial charge is 0.362 e. The Morgan fingerprint density at radius 2 is 2.26 bits per heavy atom. The number of aromatic amines is 1. The van der Waals surface area contributed by atoms with Crippen LogP contribution in [0, 0.1) is 23.2 Å². The summed E-state index contributed by atoms with van der Waals surface area (Å²) in [6.45, 7) is 0. The minimum absolute atomic E-state index is 0.0106. The lowest BCUT2D eigenvalue weighted by molar-refractivity contribution is -0.101. The van der Waals surface area contributed by atoms with E-state index in [1.165, 1.54) is 19.3 Å². The van der Waals surface area contributed by atoms with Crippen molar-refractivity contribution >= 4 is 5.97 Å². The number of aromatic nitrogens is 3. The first-order valence-corrected chi connectivity index (χ1v) is 7.55. The maximum absolute atomic E-state index is 11.0. The number of rotatable bonds is 4. The van der Waals surface area contributed by atoms with Crippen molar-refractivity contribution in [2.45, 2.75) is 25.7 Å². The highest BCUT2D eigenvalue weighted by molar-refractivity contribution is 5.87. The van der Waals surface area contributed by atoms with Crippen LogP contribution < -0.4 is 4.74 Å². The molecule has 2 N–H and O–H groups in total. The number of nitrogens with one attached hydrogen (secondary N) is 1. The summed E-state index contributed by atoms with van der Waals surface area (Å²) in [5.41, 5.74) is 1.12. The second-order valence-electron chi connectivity index (χ2n) is 6.38. The molecule has 1 aromatic heterocycles. The zero-order valence-electron chi connectivity index (χ0n) is 12.4. The van der Waals surface area contributed by atoms with Crippen LogP contribution in [0.15, 0.2) is 24.3 Å². The van der Waals surface area contributed by atoms with E-state index < -0.39 is 5.97 Å². The van der Waals surface area contributed by atoms with Crippen molar-refractivity contribution in [1.82, 2.24) is 15.4 Å². The summed E-state index contributed by atoms with van der Waals surface area (Å²) in [6, 6.07) is 7.25. The maximum Gasteiger partial charge on any atom is 0.362 e. The molecule has 0 radical (unpaired) electrons. The van der Waals surface area contributed by atoms with Gasteiger partial charge in [0.2, 0.25) is 5.69 Å². The van der Waals surface area contributed by atoms with Crippen LogP contribution in [0.4, 0.5) is 0 Å². The summed E-state index contributed by atoms with van der Waals surface area (Å²) in [4.78, 5) is 11.0. The molecule has 1 heterocycles.